The summed E-state index contributed by atoms with van der Waals surface area (Å²) in [5.41, 5.74) is -0.597. The van der Waals surface area contributed by atoms with E-state index in [4.69, 9.17) is 9.84 Å². The van der Waals surface area contributed by atoms with E-state index in [2.05, 4.69) is 0 Å². The van der Waals surface area contributed by atoms with E-state index >= 15 is 0 Å². The second kappa shape index (κ2) is 5.72. The third kappa shape index (κ3) is 7.59. The average Bonchev–Trinajstić information content (AvgIpc) is 1.93. The normalized spacial score (nSPS) is 9.44. The van der Waals surface area contributed by atoms with Gasteiger partial charge in [0, 0.05) is 14.2 Å². The molecule has 3 nitrogen and oxygen atoms in total. The number of rotatable bonds is 2. The number of hydrogen-bond donors (Lipinski definition) is 1. The fourth-order valence-corrected chi connectivity index (χ4v) is 0.0481. The van der Waals surface area contributed by atoms with Gasteiger partial charge in [0.25, 0.3) is 0 Å². The smallest absolute Gasteiger partial charge is 0.151 e. The van der Waals surface area contributed by atoms with Crippen LogP contribution < -0.4 is 0 Å². The summed E-state index contributed by atoms with van der Waals surface area (Å²) in [6, 6.07) is 0. The number of methoxy groups -OCH3 is 1. The van der Waals surface area contributed by atoms with Gasteiger partial charge in [-0.2, -0.15) is 0 Å². The van der Waals surface area contributed by atoms with Gasteiger partial charge in [-0.15, -0.1) is 0 Å². The third-order valence-corrected chi connectivity index (χ3v) is 0.810. The Kier molecular flexibility index (Phi) is 7.24. The summed E-state index contributed by atoms with van der Waals surface area (Å²) in [5, 5.41) is 7.00. The number of aliphatic hydroxyl groups excluding tert-OH is 1. The Balaban J connectivity index is 0. The molecule has 0 saturated heterocycles. The molecule has 1 N–H and O–H groups in total. The van der Waals surface area contributed by atoms with Gasteiger partial charge >= 0.3 is 0 Å². The summed E-state index contributed by atoms with van der Waals surface area (Å²) < 4.78 is 4.72. The molecule has 56 valence electrons. The van der Waals surface area contributed by atoms with Gasteiger partial charge in [0.15, 0.2) is 6.29 Å². The molecular weight excluding hydrogens is 120 g/mol. The molecule has 0 aliphatic rings. The highest BCUT2D eigenvalue weighted by atomic mass is 16.5. The van der Waals surface area contributed by atoms with Gasteiger partial charge in [-0.25, -0.2) is 0 Å². The first-order chi connectivity index (χ1) is 4.12. The lowest BCUT2D eigenvalue weighted by Gasteiger charge is -2.12. The maximum Gasteiger partial charge on any atom is 0.151 e. The minimum atomic E-state index is -0.597. The molecule has 9 heavy (non-hydrogen) atoms. The maximum atomic E-state index is 9.93. The lowest BCUT2D eigenvalue weighted by atomic mass is 10.2. The Morgan fingerprint density at radius 1 is 1.44 bits per heavy atom. The first-order valence-corrected chi connectivity index (χ1v) is 2.58. The highest BCUT2D eigenvalue weighted by molar-refractivity contribution is 5.60. The van der Waals surface area contributed by atoms with Crippen molar-refractivity contribution in [3.8, 4) is 0 Å². The highest BCUT2D eigenvalue weighted by Crippen LogP contribution is 1.99. The number of aliphatic hydroxyl groups is 1. The molecule has 0 aromatic heterocycles. The topological polar surface area (TPSA) is 46.5 Å². The predicted octanol–water partition coefficient (Wildman–Crippen LogP) is 0.219. The zero-order valence-electron chi connectivity index (χ0n) is 6.34. The Hall–Kier alpha value is -0.410. The van der Waals surface area contributed by atoms with Crippen LogP contribution in [0.2, 0.25) is 0 Å². The maximum absolute atomic E-state index is 9.93. The van der Waals surface area contributed by atoms with Crippen molar-refractivity contribution in [3.63, 3.8) is 0 Å². The van der Waals surface area contributed by atoms with E-state index in [1.54, 1.807) is 13.8 Å². The Morgan fingerprint density at radius 2 is 1.78 bits per heavy atom. The van der Waals surface area contributed by atoms with Crippen LogP contribution in [0, 0.1) is 0 Å². The second-order valence-electron chi connectivity index (χ2n) is 1.93. The van der Waals surface area contributed by atoms with Gasteiger partial charge in [0.05, 0.1) is 0 Å². The van der Waals surface area contributed by atoms with Gasteiger partial charge in [-0.05, 0) is 13.8 Å². The van der Waals surface area contributed by atoms with Crippen LogP contribution in [0.1, 0.15) is 13.8 Å². The van der Waals surface area contributed by atoms with Gasteiger partial charge in [0.2, 0.25) is 0 Å². The van der Waals surface area contributed by atoms with Crippen LogP contribution in [0.4, 0.5) is 0 Å². The number of ether oxygens (including phenoxy) is 1. The molecule has 0 amide bonds. The number of carbonyl (C=O) groups is 1. The van der Waals surface area contributed by atoms with Crippen molar-refractivity contribution >= 4 is 6.29 Å². The first kappa shape index (κ1) is 11.4. The largest absolute Gasteiger partial charge is 0.400 e. The Bertz CT molecular complexity index is 68.7. The lowest BCUT2D eigenvalue weighted by molar-refractivity contribution is -0.123. The second-order valence-corrected chi connectivity index (χ2v) is 1.93. The van der Waals surface area contributed by atoms with Crippen LogP contribution in [-0.4, -0.2) is 31.2 Å². The molecule has 0 aromatic rings. The van der Waals surface area contributed by atoms with E-state index in [1.165, 1.54) is 7.11 Å². The summed E-state index contributed by atoms with van der Waals surface area (Å²) in [6.45, 7) is 3.42. The van der Waals surface area contributed by atoms with Gasteiger partial charge in [-0.1, -0.05) is 0 Å². The van der Waals surface area contributed by atoms with Gasteiger partial charge < -0.3 is 14.6 Å². The van der Waals surface area contributed by atoms with Gasteiger partial charge in [-0.3, -0.25) is 0 Å². The molecule has 0 aliphatic carbocycles. The Labute approximate surface area is 55.6 Å². The van der Waals surface area contributed by atoms with Crippen molar-refractivity contribution in [2.24, 2.45) is 0 Å². The fraction of sp³-hybridized carbons (Fsp3) is 0.833. The first-order valence-electron chi connectivity index (χ1n) is 2.58. The summed E-state index contributed by atoms with van der Waals surface area (Å²) in [7, 11) is 2.51. The summed E-state index contributed by atoms with van der Waals surface area (Å²) in [5.74, 6) is 0. The van der Waals surface area contributed by atoms with Crippen LogP contribution in [0.5, 0.6) is 0 Å². The molecule has 0 spiro atoms. The lowest BCUT2D eigenvalue weighted by Crippen LogP contribution is -2.23. The third-order valence-electron chi connectivity index (χ3n) is 0.810. The summed E-state index contributed by atoms with van der Waals surface area (Å²) >= 11 is 0. The molecule has 0 radical (unpaired) electrons. The Morgan fingerprint density at radius 3 is 1.78 bits per heavy atom. The average molecular weight is 134 g/mol. The molecule has 0 rings (SSSR count). The van der Waals surface area contributed by atoms with E-state index in [9.17, 15) is 4.79 Å². The van der Waals surface area contributed by atoms with E-state index < -0.39 is 5.60 Å². The highest BCUT2D eigenvalue weighted by Gasteiger charge is 2.12. The van der Waals surface area contributed by atoms with E-state index in [0.717, 1.165) is 13.4 Å². The molecule has 0 fully saturated rings. The van der Waals surface area contributed by atoms with Crippen LogP contribution in [-0.2, 0) is 9.53 Å². The quantitative estimate of drug-likeness (QED) is 0.549. The standard InChI is InChI=1S/C5H10O2.CH4O/c1-5(2,4-6)7-3;1-2/h4H,1-3H3;2H,1H3. The molecule has 0 saturated carbocycles. The SMILES string of the molecule is CO.COC(C)(C)C=O. The zero-order valence-corrected chi connectivity index (χ0v) is 6.34. The monoisotopic (exact) mass is 134 g/mol. The minimum Gasteiger partial charge on any atom is -0.400 e. The molecule has 0 heterocycles. The van der Waals surface area contributed by atoms with Gasteiger partial charge in [0.1, 0.15) is 5.60 Å². The number of aldehydes is 1. The van der Waals surface area contributed by atoms with Crippen molar-refractivity contribution in [3.05, 3.63) is 0 Å². The van der Waals surface area contributed by atoms with Crippen LogP contribution in [0.25, 0.3) is 0 Å². The van der Waals surface area contributed by atoms with E-state index in [1.807, 2.05) is 0 Å². The molecule has 0 aromatic carbocycles. The molecule has 0 aliphatic heterocycles. The van der Waals surface area contributed by atoms with Crippen molar-refractivity contribution in [1.82, 2.24) is 0 Å². The number of hydrogen-bond acceptors (Lipinski definition) is 3. The van der Waals surface area contributed by atoms with Crippen LogP contribution in [0.3, 0.4) is 0 Å². The van der Waals surface area contributed by atoms with E-state index in [-0.39, 0.29) is 0 Å². The van der Waals surface area contributed by atoms with Crippen molar-refractivity contribution in [2.75, 3.05) is 14.2 Å². The zero-order chi connectivity index (χ0) is 7.91. The molecule has 0 bridgehead atoms. The van der Waals surface area contributed by atoms with Crippen molar-refractivity contribution in [1.29, 1.82) is 0 Å². The predicted molar refractivity (Wildman–Crippen MR) is 35.3 cm³/mol. The number of carbonyl (C=O) groups excluding carboxylic acids is 1. The van der Waals surface area contributed by atoms with E-state index in [0.29, 0.717) is 0 Å². The molecule has 0 unspecified atom stereocenters. The fourth-order valence-electron chi connectivity index (χ4n) is 0.0481. The van der Waals surface area contributed by atoms with Crippen molar-refractivity contribution in [2.45, 2.75) is 19.4 Å². The minimum absolute atomic E-state index is 0.597. The molecule has 3 heteroatoms. The summed E-state index contributed by atoms with van der Waals surface area (Å²) in [6.07, 6.45) is 0.771. The summed E-state index contributed by atoms with van der Waals surface area (Å²) in [4.78, 5) is 9.93. The molecule has 0 atom stereocenters. The van der Waals surface area contributed by atoms with Crippen LogP contribution in [0.15, 0.2) is 0 Å². The van der Waals surface area contributed by atoms with Crippen molar-refractivity contribution < 1.29 is 14.6 Å². The molecular formula is C6H14O3. The van der Waals surface area contributed by atoms with Crippen LogP contribution >= 0.6 is 0 Å².